The Morgan fingerprint density at radius 3 is 2.65 bits per heavy atom. The number of fused-ring (bicyclic) bond motifs is 1. The minimum atomic E-state index is -0.477. The van der Waals surface area contributed by atoms with Crippen LogP contribution in [-0.4, -0.2) is 22.9 Å². The quantitative estimate of drug-likeness (QED) is 0.630. The number of rotatable bonds is 4. The van der Waals surface area contributed by atoms with Gasteiger partial charge >= 0.3 is 5.97 Å². The standard InChI is InChI=1S/C15H16BrNO3/c1-9(2)20-15(19)10(3)17-7-11(8-18)13-6-12(16)4-5-14(13)17/h4-10H,1-3H3. The van der Waals surface area contributed by atoms with Crippen molar-refractivity contribution in [3.63, 3.8) is 0 Å². The van der Waals surface area contributed by atoms with Crippen molar-refractivity contribution in [1.29, 1.82) is 0 Å². The predicted molar refractivity (Wildman–Crippen MR) is 81.0 cm³/mol. The lowest BCUT2D eigenvalue weighted by atomic mass is 10.2. The third-order valence-corrected chi connectivity index (χ3v) is 3.56. The number of nitrogens with zero attached hydrogens (tertiary/aromatic N) is 1. The number of carbonyl (C=O) groups is 2. The molecule has 0 radical (unpaired) electrons. The lowest BCUT2D eigenvalue weighted by molar-refractivity contribution is -0.150. The number of benzene rings is 1. The largest absolute Gasteiger partial charge is 0.461 e. The minimum Gasteiger partial charge on any atom is -0.461 e. The lowest BCUT2D eigenvalue weighted by Crippen LogP contribution is -2.21. The molecule has 0 spiro atoms. The summed E-state index contributed by atoms with van der Waals surface area (Å²) in [6.45, 7) is 5.39. The van der Waals surface area contributed by atoms with Gasteiger partial charge in [0.15, 0.2) is 6.29 Å². The van der Waals surface area contributed by atoms with E-state index in [9.17, 15) is 9.59 Å². The molecule has 4 nitrogen and oxygen atoms in total. The van der Waals surface area contributed by atoms with Crippen molar-refractivity contribution in [2.24, 2.45) is 0 Å². The van der Waals surface area contributed by atoms with E-state index in [0.29, 0.717) is 5.56 Å². The van der Waals surface area contributed by atoms with Gasteiger partial charge in [-0.15, -0.1) is 0 Å². The van der Waals surface area contributed by atoms with Crippen molar-refractivity contribution in [2.75, 3.05) is 0 Å². The Morgan fingerprint density at radius 1 is 1.35 bits per heavy atom. The van der Waals surface area contributed by atoms with Crippen molar-refractivity contribution >= 4 is 39.1 Å². The summed E-state index contributed by atoms with van der Waals surface area (Å²) >= 11 is 3.39. The fourth-order valence-electron chi connectivity index (χ4n) is 2.11. The van der Waals surface area contributed by atoms with Gasteiger partial charge in [0.05, 0.1) is 6.10 Å². The Hall–Kier alpha value is -1.62. The third kappa shape index (κ3) is 2.77. The van der Waals surface area contributed by atoms with Crippen molar-refractivity contribution < 1.29 is 14.3 Å². The molecule has 0 saturated carbocycles. The maximum atomic E-state index is 12.0. The Balaban J connectivity index is 2.49. The van der Waals surface area contributed by atoms with Crippen LogP contribution in [0.5, 0.6) is 0 Å². The van der Waals surface area contributed by atoms with Crippen LogP contribution >= 0.6 is 15.9 Å². The summed E-state index contributed by atoms with van der Waals surface area (Å²) in [5, 5.41) is 0.818. The number of halogens is 1. The minimum absolute atomic E-state index is 0.161. The number of ether oxygens (including phenoxy) is 1. The van der Waals surface area contributed by atoms with E-state index in [-0.39, 0.29) is 12.1 Å². The van der Waals surface area contributed by atoms with E-state index in [1.807, 2.05) is 32.0 Å². The molecule has 5 heteroatoms. The van der Waals surface area contributed by atoms with Gasteiger partial charge in [0, 0.05) is 27.1 Å². The molecule has 0 saturated heterocycles. The normalized spacial score (nSPS) is 12.7. The molecule has 1 heterocycles. The smallest absolute Gasteiger partial charge is 0.329 e. The van der Waals surface area contributed by atoms with Gasteiger partial charge in [-0.1, -0.05) is 15.9 Å². The molecule has 1 aromatic heterocycles. The topological polar surface area (TPSA) is 48.3 Å². The second kappa shape index (κ2) is 5.79. The summed E-state index contributed by atoms with van der Waals surface area (Å²) in [6.07, 6.45) is 2.33. The number of esters is 1. The third-order valence-electron chi connectivity index (χ3n) is 3.06. The zero-order valence-corrected chi connectivity index (χ0v) is 13.2. The van der Waals surface area contributed by atoms with Crippen molar-refractivity contribution in [3.05, 3.63) is 34.4 Å². The number of carbonyl (C=O) groups excluding carboxylic acids is 2. The molecule has 1 atom stereocenters. The first kappa shape index (κ1) is 14.8. The van der Waals surface area contributed by atoms with E-state index in [1.54, 1.807) is 17.7 Å². The van der Waals surface area contributed by atoms with Gasteiger partial charge in [-0.25, -0.2) is 4.79 Å². The monoisotopic (exact) mass is 337 g/mol. The molecule has 0 N–H and O–H groups in total. The molecule has 2 aromatic rings. The molecule has 0 fully saturated rings. The first-order chi connectivity index (χ1) is 9.43. The zero-order valence-electron chi connectivity index (χ0n) is 11.6. The second-order valence-electron chi connectivity index (χ2n) is 4.93. The van der Waals surface area contributed by atoms with Crippen LogP contribution in [0.15, 0.2) is 28.9 Å². The van der Waals surface area contributed by atoms with Crippen LogP contribution in [0.2, 0.25) is 0 Å². The second-order valence-corrected chi connectivity index (χ2v) is 5.85. The molecule has 2 rings (SSSR count). The maximum absolute atomic E-state index is 12.0. The predicted octanol–water partition coefficient (Wildman–Crippen LogP) is 3.73. The first-order valence-corrected chi connectivity index (χ1v) is 7.19. The van der Waals surface area contributed by atoms with Gasteiger partial charge in [0.25, 0.3) is 0 Å². The number of aromatic nitrogens is 1. The van der Waals surface area contributed by atoms with Crippen LogP contribution in [0, 0.1) is 0 Å². The van der Waals surface area contributed by atoms with E-state index >= 15 is 0 Å². The SMILES string of the molecule is CC(C)OC(=O)C(C)n1cc(C=O)c2cc(Br)ccc21. The van der Waals surface area contributed by atoms with Crippen LogP contribution in [0.4, 0.5) is 0 Å². The molecule has 1 unspecified atom stereocenters. The van der Waals surface area contributed by atoms with Gasteiger partial charge in [0.2, 0.25) is 0 Å². The van der Waals surface area contributed by atoms with Crippen LogP contribution in [-0.2, 0) is 9.53 Å². The highest BCUT2D eigenvalue weighted by Crippen LogP contribution is 2.27. The van der Waals surface area contributed by atoms with Gasteiger partial charge < -0.3 is 9.30 Å². The number of aldehydes is 1. The molecule has 0 aliphatic heterocycles. The Labute approximate surface area is 125 Å². The van der Waals surface area contributed by atoms with E-state index in [0.717, 1.165) is 21.7 Å². The summed E-state index contributed by atoms with van der Waals surface area (Å²) < 4.78 is 7.89. The van der Waals surface area contributed by atoms with E-state index in [2.05, 4.69) is 15.9 Å². The van der Waals surface area contributed by atoms with Crippen molar-refractivity contribution in [1.82, 2.24) is 4.57 Å². The Kier molecular flexibility index (Phi) is 4.28. The molecule has 106 valence electrons. The summed E-state index contributed by atoms with van der Waals surface area (Å²) in [7, 11) is 0. The van der Waals surface area contributed by atoms with Crippen LogP contribution in [0.1, 0.15) is 37.2 Å². The average Bonchev–Trinajstić information content (AvgIpc) is 2.74. The Morgan fingerprint density at radius 2 is 2.05 bits per heavy atom. The first-order valence-electron chi connectivity index (χ1n) is 6.39. The van der Waals surface area contributed by atoms with Crippen molar-refractivity contribution in [2.45, 2.75) is 32.9 Å². The van der Waals surface area contributed by atoms with Crippen LogP contribution < -0.4 is 0 Å². The van der Waals surface area contributed by atoms with E-state index < -0.39 is 6.04 Å². The molecular formula is C15H16BrNO3. The van der Waals surface area contributed by atoms with Crippen LogP contribution in [0.3, 0.4) is 0 Å². The zero-order chi connectivity index (χ0) is 14.9. The highest BCUT2D eigenvalue weighted by molar-refractivity contribution is 9.10. The molecule has 0 bridgehead atoms. The van der Waals surface area contributed by atoms with E-state index in [4.69, 9.17) is 4.74 Å². The molecule has 0 amide bonds. The summed E-state index contributed by atoms with van der Waals surface area (Å²) in [5.74, 6) is -0.308. The molecular weight excluding hydrogens is 322 g/mol. The van der Waals surface area contributed by atoms with Gasteiger partial charge in [-0.2, -0.15) is 0 Å². The maximum Gasteiger partial charge on any atom is 0.329 e. The highest BCUT2D eigenvalue weighted by Gasteiger charge is 2.21. The summed E-state index contributed by atoms with van der Waals surface area (Å²) in [4.78, 5) is 23.2. The Bertz CT molecular complexity index is 660. The molecule has 1 aromatic carbocycles. The number of hydrogen-bond donors (Lipinski definition) is 0. The fourth-order valence-corrected chi connectivity index (χ4v) is 2.47. The van der Waals surface area contributed by atoms with Crippen LogP contribution in [0.25, 0.3) is 10.9 Å². The highest BCUT2D eigenvalue weighted by atomic mass is 79.9. The van der Waals surface area contributed by atoms with Gasteiger partial charge in [-0.3, -0.25) is 4.79 Å². The fraction of sp³-hybridized carbons (Fsp3) is 0.333. The lowest BCUT2D eigenvalue weighted by Gasteiger charge is -2.16. The van der Waals surface area contributed by atoms with Gasteiger partial charge in [-0.05, 0) is 39.0 Å². The number of hydrogen-bond acceptors (Lipinski definition) is 3. The molecule has 20 heavy (non-hydrogen) atoms. The van der Waals surface area contributed by atoms with Crippen molar-refractivity contribution in [3.8, 4) is 0 Å². The van der Waals surface area contributed by atoms with E-state index in [1.165, 1.54) is 0 Å². The molecule has 0 aliphatic rings. The van der Waals surface area contributed by atoms with Gasteiger partial charge in [0.1, 0.15) is 6.04 Å². The average molecular weight is 338 g/mol. The summed E-state index contributed by atoms with van der Waals surface area (Å²) in [5.41, 5.74) is 1.40. The summed E-state index contributed by atoms with van der Waals surface area (Å²) in [6, 6.07) is 5.16. The molecule has 0 aliphatic carbocycles.